The molecule has 0 spiro atoms. The first-order valence-corrected chi connectivity index (χ1v) is 11.9. The number of aryl methyl sites for hydroxylation is 1. The van der Waals surface area contributed by atoms with Crippen molar-refractivity contribution in [1.82, 2.24) is 14.8 Å². The molecule has 2 aromatic carbocycles. The Labute approximate surface area is 184 Å². The molecule has 4 aromatic rings. The van der Waals surface area contributed by atoms with Crippen LogP contribution in [0.15, 0.2) is 81.4 Å². The monoisotopic (exact) mass is 456 g/mol. The van der Waals surface area contributed by atoms with E-state index in [1.165, 1.54) is 23.9 Å². The van der Waals surface area contributed by atoms with Crippen LogP contribution >= 0.6 is 11.8 Å². The van der Waals surface area contributed by atoms with Gasteiger partial charge in [0, 0.05) is 11.4 Å². The molecule has 2 N–H and O–H groups in total. The van der Waals surface area contributed by atoms with E-state index in [1.54, 1.807) is 18.4 Å². The average molecular weight is 457 g/mol. The van der Waals surface area contributed by atoms with E-state index >= 15 is 0 Å². The molecule has 31 heavy (non-hydrogen) atoms. The molecule has 0 atom stereocenters. The van der Waals surface area contributed by atoms with Gasteiger partial charge < -0.3 is 9.15 Å². The molecule has 0 saturated carbocycles. The number of nitrogens with two attached hydrogens (primary N) is 1. The first kappa shape index (κ1) is 21.2. The van der Waals surface area contributed by atoms with E-state index in [0.717, 1.165) is 22.2 Å². The zero-order chi connectivity index (χ0) is 21.8. The van der Waals surface area contributed by atoms with Crippen molar-refractivity contribution in [3.63, 3.8) is 0 Å². The molecule has 0 radical (unpaired) electrons. The molecule has 0 aliphatic heterocycles. The zero-order valence-corrected chi connectivity index (χ0v) is 18.3. The fourth-order valence-corrected chi connectivity index (χ4v) is 4.27. The Morgan fingerprint density at radius 1 is 1.06 bits per heavy atom. The Bertz CT molecular complexity index is 1270. The molecular formula is C21H20N4O4S2. The average Bonchev–Trinajstić information content (AvgIpc) is 3.37. The predicted octanol–water partition coefficient (Wildman–Crippen LogP) is 3.65. The first-order valence-electron chi connectivity index (χ1n) is 9.37. The van der Waals surface area contributed by atoms with Crippen molar-refractivity contribution < 1.29 is 17.6 Å². The zero-order valence-electron chi connectivity index (χ0n) is 16.6. The molecule has 160 valence electrons. The number of aromatic nitrogens is 3. The molecule has 4 rings (SSSR count). The Hall–Kier alpha value is -3.08. The number of furan rings is 1. The van der Waals surface area contributed by atoms with Crippen molar-refractivity contribution in [2.45, 2.75) is 17.0 Å². The molecule has 2 heterocycles. The van der Waals surface area contributed by atoms with E-state index < -0.39 is 10.0 Å². The topological polar surface area (TPSA) is 113 Å². The molecule has 0 bridgehead atoms. The highest BCUT2D eigenvalue weighted by atomic mass is 32.2. The highest BCUT2D eigenvalue weighted by molar-refractivity contribution is 7.99. The Kier molecular flexibility index (Phi) is 6.12. The summed E-state index contributed by atoms with van der Waals surface area (Å²) in [5, 5.41) is 14.6. The second kappa shape index (κ2) is 8.96. The number of primary sulfonamides is 1. The lowest BCUT2D eigenvalue weighted by molar-refractivity contribution is 0.343. The normalized spacial score (nSPS) is 11.5. The van der Waals surface area contributed by atoms with E-state index in [0.29, 0.717) is 23.9 Å². The van der Waals surface area contributed by atoms with E-state index in [1.807, 2.05) is 47.9 Å². The van der Waals surface area contributed by atoms with Crippen LogP contribution in [0, 0.1) is 6.92 Å². The van der Waals surface area contributed by atoms with Crippen molar-refractivity contribution in [3.05, 3.63) is 72.7 Å². The van der Waals surface area contributed by atoms with Crippen LogP contribution in [0.2, 0.25) is 0 Å². The summed E-state index contributed by atoms with van der Waals surface area (Å²) in [6.45, 7) is 2.29. The fourth-order valence-electron chi connectivity index (χ4n) is 2.98. The Morgan fingerprint density at radius 2 is 1.81 bits per heavy atom. The quantitative estimate of drug-likeness (QED) is 0.318. The molecule has 10 heteroatoms. The van der Waals surface area contributed by atoms with Crippen LogP contribution in [0.1, 0.15) is 5.76 Å². The molecular weight excluding hydrogens is 436 g/mol. The molecule has 0 aliphatic carbocycles. The SMILES string of the molecule is Cc1occc1-c1nnc(SCCOc2ccc(S(N)(=O)=O)cc2)n1-c1ccccc1. The smallest absolute Gasteiger partial charge is 0.238 e. The second-order valence-electron chi connectivity index (χ2n) is 6.58. The number of hydrogen-bond acceptors (Lipinski definition) is 7. The molecule has 0 fully saturated rings. The van der Waals surface area contributed by atoms with Gasteiger partial charge >= 0.3 is 0 Å². The Morgan fingerprint density at radius 3 is 2.45 bits per heavy atom. The highest BCUT2D eigenvalue weighted by Gasteiger charge is 2.18. The van der Waals surface area contributed by atoms with Gasteiger partial charge in [0.1, 0.15) is 11.5 Å². The summed E-state index contributed by atoms with van der Waals surface area (Å²) in [6.07, 6.45) is 1.64. The number of para-hydroxylation sites is 1. The van der Waals surface area contributed by atoms with Crippen molar-refractivity contribution in [2.75, 3.05) is 12.4 Å². The van der Waals surface area contributed by atoms with Crippen LogP contribution < -0.4 is 9.88 Å². The summed E-state index contributed by atoms with van der Waals surface area (Å²) >= 11 is 1.51. The third-order valence-corrected chi connectivity index (χ3v) is 6.31. The largest absolute Gasteiger partial charge is 0.493 e. The minimum absolute atomic E-state index is 0.0484. The number of hydrogen-bond donors (Lipinski definition) is 1. The van der Waals surface area contributed by atoms with Gasteiger partial charge in [-0.15, -0.1) is 10.2 Å². The standard InChI is InChI=1S/C21H20N4O4S2/c1-15-19(11-12-28-15)20-23-24-21(25(20)16-5-3-2-4-6-16)30-14-13-29-17-7-9-18(10-8-17)31(22,26)27/h2-12H,13-14H2,1H3,(H2,22,26,27). The number of ether oxygens (including phenoxy) is 1. The minimum Gasteiger partial charge on any atom is -0.493 e. The van der Waals surface area contributed by atoms with Gasteiger partial charge in [-0.1, -0.05) is 30.0 Å². The highest BCUT2D eigenvalue weighted by Crippen LogP contribution is 2.30. The van der Waals surface area contributed by atoms with Crippen LogP contribution in [-0.4, -0.2) is 35.5 Å². The van der Waals surface area contributed by atoms with Crippen LogP contribution in [0.25, 0.3) is 17.1 Å². The fraction of sp³-hybridized carbons (Fsp3) is 0.143. The van der Waals surface area contributed by atoms with Crippen LogP contribution in [-0.2, 0) is 10.0 Å². The summed E-state index contributed by atoms with van der Waals surface area (Å²) in [7, 11) is -3.72. The van der Waals surface area contributed by atoms with Gasteiger partial charge in [0.05, 0.1) is 23.3 Å². The lowest BCUT2D eigenvalue weighted by Gasteiger charge is -2.10. The van der Waals surface area contributed by atoms with Crippen molar-refractivity contribution in [3.8, 4) is 22.8 Å². The van der Waals surface area contributed by atoms with Gasteiger partial charge in [-0.05, 0) is 49.4 Å². The molecule has 0 amide bonds. The van der Waals surface area contributed by atoms with Crippen molar-refractivity contribution >= 4 is 21.8 Å². The summed E-state index contributed by atoms with van der Waals surface area (Å²) in [5.41, 5.74) is 1.83. The van der Waals surface area contributed by atoms with Gasteiger partial charge in [-0.3, -0.25) is 4.57 Å². The predicted molar refractivity (Wildman–Crippen MR) is 118 cm³/mol. The van der Waals surface area contributed by atoms with Crippen molar-refractivity contribution in [1.29, 1.82) is 0 Å². The van der Waals surface area contributed by atoms with Crippen LogP contribution in [0.4, 0.5) is 0 Å². The van der Waals surface area contributed by atoms with E-state index in [4.69, 9.17) is 14.3 Å². The third kappa shape index (κ3) is 4.82. The van der Waals surface area contributed by atoms with Crippen molar-refractivity contribution in [2.24, 2.45) is 5.14 Å². The van der Waals surface area contributed by atoms with Gasteiger partial charge in [-0.25, -0.2) is 13.6 Å². The second-order valence-corrected chi connectivity index (χ2v) is 9.20. The summed E-state index contributed by atoms with van der Waals surface area (Å²) in [6, 6.07) is 17.8. The van der Waals surface area contributed by atoms with E-state index in [2.05, 4.69) is 10.2 Å². The van der Waals surface area contributed by atoms with Gasteiger partial charge in [-0.2, -0.15) is 0 Å². The Balaban J connectivity index is 1.48. The van der Waals surface area contributed by atoms with E-state index in [9.17, 15) is 8.42 Å². The molecule has 0 unspecified atom stereocenters. The summed E-state index contributed by atoms with van der Waals surface area (Å²) < 4.78 is 35.8. The van der Waals surface area contributed by atoms with Gasteiger partial charge in [0.2, 0.25) is 10.0 Å². The summed E-state index contributed by atoms with van der Waals surface area (Å²) in [5.74, 6) is 2.66. The molecule has 2 aromatic heterocycles. The minimum atomic E-state index is -3.72. The molecule has 8 nitrogen and oxygen atoms in total. The molecule has 0 aliphatic rings. The van der Waals surface area contributed by atoms with Gasteiger partial charge in [0.15, 0.2) is 11.0 Å². The van der Waals surface area contributed by atoms with E-state index in [-0.39, 0.29) is 4.90 Å². The number of rotatable bonds is 8. The number of sulfonamides is 1. The number of thioether (sulfide) groups is 1. The maximum atomic E-state index is 11.3. The number of nitrogens with zero attached hydrogens (tertiary/aromatic N) is 3. The lowest BCUT2D eigenvalue weighted by atomic mass is 10.2. The van der Waals surface area contributed by atoms with Crippen LogP contribution in [0.3, 0.4) is 0 Å². The third-order valence-electron chi connectivity index (χ3n) is 4.48. The first-order chi connectivity index (χ1) is 14.9. The van der Waals surface area contributed by atoms with Gasteiger partial charge in [0.25, 0.3) is 0 Å². The molecule has 0 saturated heterocycles. The maximum Gasteiger partial charge on any atom is 0.238 e. The van der Waals surface area contributed by atoms with Crippen LogP contribution in [0.5, 0.6) is 5.75 Å². The maximum absolute atomic E-state index is 11.3. The lowest BCUT2D eigenvalue weighted by Crippen LogP contribution is -2.11. The number of benzene rings is 2. The summed E-state index contributed by atoms with van der Waals surface area (Å²) in [4.78, 5) is 0.0484.